The van der Waals surface area contributed by atoms with Gasteiger partial charge in [0, 0.05) is 17.7 Å². The number of nitrogens with zero attached hydrogens (tertiary/aromatic N) is 1. The number of ether oxygens (including phenoxy) is 1. The molecular formula is C12H17F3N2OS. The van der Waals surface area contributed by atoms with E-state index in [0.29, 0.717) is 10.5 Å². The van der Waals surface area contributed by atoms with Crippen molar-refractivity contribution in [3.05, 3.63) is 21.7 Å². The molecule has 1 aromatic rings. The smallest absolute Gasteiger partial charge is 0.372 e. The van der Waals surface area contributed by atoms with Crippen LogP contribution in [-0.2, 0) is 11.2 Å². The van der Waals surface area contributed by atoms with Gasteiger partial charge in [-0.3, -0.25) is 0 Å². The maximum Gasteiger partial charge on any atom is 0.411 e. The third-order valence-corrected chi connectivity index (χ3v) is 2.84. The molecule has 0 aliphatic rings. The molecular weight excluding hydrogens is 277 g/mol. The Morgan fingerprint density at radius 1 is 1.37 bits per heavy atom. The first-order chi connectivity index (χ1) is 8.70. The van der Waals surface area contributed by atoms with Crippen LogP contribution in [-0.4, -0.2) is 29.4 Å². The number of aromatic amines is 1. The summed E-state index contributed by atoms with van der Waals surface area (Å²) in [5, 5.41) is 0. The van der Waals surface area contributed by atoms with Crippen LogP contribution < -0.4 is 0 Å². The standard InChI is InChI=1S/C12H17F3N2OS/c1-7(2)10-8(3)16-9(17-11(10)19)4-5-18-6-12(13,14)15/h7H,4-6H2,1-3H3,(H,16,17,19). The molecule has 1 aromatic heterocycles. The molecule has 0 saturated carbocycles. The molecule has 0 fully saturated rings. The molecule has 0 saturated heterocycles. The average Bonchev–Trinajstić information content (AvgIpc) is 2.21. The first kappa shape index (κ1) is 16.1. The van der Waals surface area contributed by atoms with Crippen molar-refractivity contribution in [2.75, 3.05) is 13.2 Å². The van der Waals surface area contributed by atoms with Crippen molar-refractivity contribution in [2.45, 2.75) is 39.3 Å². The van der Waals surface area contributed by atoms with E-state index in [9.17, 15) is 13.2 Å². The van der Waals surface area contributed by atoms with Gasteiger partial charge in [0.1, 0.15) is 17.1 Å². The lowest BCUT2D eigenvalue weighted by atomic mass is 10.0. The second kappa shape index (κ2) is 6.47. The second-order valence-corrected chi connectivity index (χ2v) is 4.99. The fraction of sp³-hybridized carbons (Fsp3) is 0.667. The number of H-pyrrole nitrogens is 1. The minimum atomic E-state index is -4.29. The predicted octanol–water partition coefficient (Wildman–Crippen LogP) is 3.69. The quantitative estimate of drug-likeness (QED) is 0.665. The van der Waals surface area contributed by atoms with Crippen molar-refractivity contribution in [1.29, 1.82) is 0 Å². The van der Waals surface area contributed by atoms with E-state index in [0.717, 1.165) is 11.3 Å². The largest absolute Gasteiger partial charge is 0.411 e. The number of rotatable bonds is 5. The van der Waals surface area contributed by atoms with Gasteiger partial charge in [0.05, 0.1) is 6.61 Å². The van der Waals surface area contributed by atoms with Crippen LogP contribution in [0.25, 0.3) is 0 Å². The Morgan fingerprint density at radius 2 is 2.00 bits per heavy atom. The van der Waals surface area contributed by atoms with Gasteiger partial charge in [-0.1, -0.05) is 26.1 Å². The van der Waals surface area contributed by atoms with Crippen LogP contribution in [0, 0.1) is 11.6 Å². The van der Waals surface area contributed by atoms with E-state index in [-0.39, 0.29) is 18.9 Å². The third kappa shape index (κ3) is 5.28. The maximum absolute atomic E-state index is 11.9. The summed E-state index contributed by atoms with van der Waals surface area (Å²) in [7, 11) is 0. The van der Waals surface area contributed by atoms with Gasteiger partial charge in [-0.2, -0.15) is 13.2 Å². The van der Waals surface area contributed by atoms with Gasteiger partial charge in [-0.15, -0.1) is 0 Å². The molecule has 0 aliphatic carbocycles. The molecule has 0 unspecified atom stereocenters. The Labute approximate surface area is 115 Å². The topological polar surface area (TPSA) is 37.9 Å². The number of hydrogen-bond donors (Lipinski definition) is 1. The number of nitrogens with one attached hydrogen (secondary N) is 1. The number of aryl methyl sites for hydroxylation is 1. The summed E-state index contributed by atoms with van der Waals surface area (Å²) >= 11 is 5.19. The molecule has 0 amide bonds. The minimum Gasteiger partial charge on any atom is -0.372 e. The van der Waals surface area contributed by atoms with E-state index in [1.165, 1.54) is 0 Å². The maximum atomic E-state index is 11.9. The predicted molar refractivity (Wildman–Crippen MR) is 68.8 cm³/mol. The molecule has 1 heterocycles. The van der Waals surface area contributed by atoms with Crippen molar-refractivity contribution in [2.24, 2.45) is 0 Å². The number of halogens is 3. The molecule has 0 aliphatic heterocycles. The van der Waals surface area contributed by atoms with Crippen LogP contribution in [0.3, 0.4) is 0 Å². The van der Waals surface area contributed by atoms with E-state index in [4.69, 9.17) is 12.2 Å². The lowest BCUT2D eigenvalue weighted by Gasteiger charge is -2.12. The van der Waals surface area contributed by atoms with Crippen molar-refractivity contribution >= 4 is 12.2 Å². The number of alkyl halides is 3. The van der Waals surface area contributed by atoms with Crippen molar-refractivity contribution in [3.63, 3.8) is 0 Å². The van der Waals surface area contributed by atoms with Crippen molar-refractivity contribution < 1.29 is 17.9 Å². The molecule has 0 spiro atoms. The molecule has 108 valence electrons. The van der Waals surface area contributed by atoms with Gasteiger partial charge in [-0.25, -0.2) is 4.98 Å². The van der Waals surface area contributed by atoms with Gasteiger partial charge in [0.25, 0.3) is 0 Å². The van der Waals surface area contributed by atoms with Crippen LogP contribution in [0.1, 0.15) is 36.8 Å². The summed E-state index contributed by atoms with van der Waals surface area (Å²) < 4.78 is 40.7. The van der Waals surface area contributed by atoms with Gasteiger partial charge in [0.15, 0.2) is 0 Å². The summed E-state index contributed by atoms with van der Waals surface area (Å²) in [6.07, 6.45) is -4.02. The summed E-state index contributed by atoms with van der Waals surface area (Å²) in [6, 6.07) is 0. The molecule has 19 heavy (non-hydrogen) atoms. The Kier molecular flexibility index (Phi) is 5.49. The van der Waals surface area contributed by atoms with Gasteiger partial charge in [0.2, 0.25) is 0 Å². The van der Waals surface area contributed by atoms with E-state index in [1.54, 1.807) is 0 Å². The molecule has 0 bridgehead atoms. The van der Waals surface area contributed by atoms with Crippen LogP contribution in [0.5, 0.6) is 0 Å². The van der Waals surface area contributed by atoms with Gasteiger partial charge in [-0.05, 0) is 12.8 Å². The van der Waals surface area contributed by atoms with Crippen LogP contribution in [0.2, 0.25) is 0 Å². The third-order valence-electron chi connectivity index (χ3n) is 2.53. The molecule has 1 N–H and O–H groups in total. The summed E-state index contributed by atoms with van der Waals surface area (Å²) in [5.74, 6) is 0.806. The summed E-state index contributed by atoms with van der Waals surface area (Å²) in [4.78, 5) is 7.24. The fourth-order valence-corrected chi connectivity index (χ4v) is 2.31. The highest BCUT2D eigenvalue weighted by atomic mass is 32.1. The van der Waals surface area contributed by atoms with E-state index < -0.39 is 12.8 Å². The highest BCUT2D eigenvalue weighted by Gasteiger charge is 2.27. The Morgan fingerprint density at radius 3 is 2.47 bits per heavy atom. The lowest BCUT2D eigenvalue weighted by molar-refractivity contribution is -0.173. The summed E-state index contributed by atoms with van der Waals surface area (Å²) in [5.41, 5.74) is 1.87. The van der Waals surface area contributed by atoms with Crippen LogP contribution in [0.4, 0.5) is 13.2 Å². The highest BCUT2D eigenvalue weighted by Crippen LogP contribution is 2.18. The van der Waals surface area contributed by atoms with E-state index in [1.807, 2.05) is 20.8 Å². The van der Waals surface area contributed by atoms with Crippen LogP contribution in [0.15, 0.2) is 0 Å². The highest BCUT2D eigenvalue weighted by molar-refractivity contribution is 7.71. The second-order valence-electron chi connectivity index (χ2n) is 4.60. The Balaban J connectivity index is 2.64. The van der Waals surface area contributed by atoms with Gasteiger partial charge >= 0.3 is 6.18 Å². The SMILES string of the molecule is Cc1[nH]c(CCOCC(F)(F)F)nc(=S)c1C(C)C. The first-order valence-electron chi connectivity index (χ1n) is 5.95. The summed E-state index contributed by atoms with van der Waals surface area (Å²) in [6.45, 7) is 4.63. The first-order valence-corrected chi connectivity index (χ1v) is 6.35. The lowest BCUT2D eigenvalue weighted by Crippen LogP contribution is -2.18. The van der Waals surface area contributed by atoms with Crippen LogP contribution >= 0.6 is 12.2 Å². The van der Waals surface area contributed by atoms with E-state index >= 15 is 0 Å². The molecule has 3 nitrogen and oxygen atoms in total. The molecule has 1 rings (SSSR count). The normalized spacial score (nSPS) is 12.2. The van der Waals surface area contributed by atoms with Gasteiger partial charge < -0.3 is 9.72 Å². The Bertz CT molecular complexity index is 483. The average molecular weight is 294 g/mol. The molecule has 0 atom stereocenters. The molecule has 0 aromatic carbocycles. The monoisotopic (exact) mass is 294 g/mol. The fourth-order valence-electron chi connectivity index (χ4n) is 1.81. The minimum absolute atomic E-state index is 0.0434. The zero-order valence-corrected chi connectivity index (χ0v) is 11.9. The Hall–Kier alpha value is -0.950. The zero-order chi connectivity index (χ0) is 14.6. The van der Waals surface area contributed by atoms with Crippen molar-refractivity contribution in [3.8, 4) is 0 Å². The molecule has 7 heteroatoms. The zero-order valence-electron chi connectivity index (χ0n) is 11.1. The number of aromatic nitrogens is 2. The number of hydrogen-bond acceptors (Lipinski definition) is 3. The van der Waals surface area contributed by atoms with Crippen molar-refractivity contribution in [1.82, 2.24) is 9.97 Å². The molecule has 0 radical (unpaired) electrons. The van der Waals surface area contributed by atoms with E-state index in [2.05, 4.69) is 14.7 Å².